The topological polar surface area (TPSA) is 0 Å². The summed E-state index contributed by atoms with van der Waals surface area (Å²) in [5.41, 5.74) is 0.932. The Morgan fingerprint density at radius 2 is 1.70 bits per heavy atom. The van der Waals surface area contributed by atoms with Gasteiger partial charge in [0.1, 0.15) is 0 Å². The lowest BCUT2D eigenvalue weighted by molar-refractivity contribution is 0.194. The second-order valence-corrected chi connectivity index (χ2v) is 7.77. The third kappa shape index (κ3) is 4.55. The normalized spacial score (nSPS) is 24.4. The maximum absolute atomic E-state index is 14.1. The van der Waals surface area contributed by atoms with Gasteiger partial charge in [-0.3, -0.25) is 0 Å². The van der Waals surface area contributed by atoms with Crippen LogP contribution in [-0.2, 0) is 0 Å². The summed E-state index contributed by atoms with van der Waals surface area (Å²) in [4.78, 5) is 0. The van der Waals surface area contributed by atoms with E-state index in [0.29, 0.717) is 11.1 Å². The Kier molecular flexibility index (Phi) is 6.61. The molecule has 23 heavy (non-hydrogen) atoms. The summed E-state index contributed by atoms with van der Waals surface area (Å²) in [6, 6.07) is 3.46. The zero-order valence-electron chi connectivity index (χ0n) is 15.2. The lowest BCUT2D eigenvalue weighted by Crippen LogP contribution is -2.21. The number of aryl methyl sites for hydroxylation is 1. The molecule has 0 radical (unpaired) electrons. The molecule has 0 heterocycles. The van der Waals surface area contributed by atoms with Crippen LogP contribution in [0.15, 0.2) is 12.1 Å². The fourth-order valence-corrected chi connectivity index (χ4v) is 4.19. The highest BCUT2D eigenvalue weighted by Crippen LogP contribution is 2.38. The van der Waals surface area contributed by atoms with Crippen LogP contribution in [0, 0.1) is 36.3 Å². The second kappa shape index (κ2) is 8.26. The largest absolute Gasteiger partial charge is 0.203 e. The van der Waals surface area contributed by atoms with Gasteiger partial charge in [0, 0.05) is 0 Å². The molecule has 1 aromatic carbocycles. The first-order valence-corrected chi connectivity index (χ1v) is 9.38. The molecule has 2 heteroatoms. The Hall–Kier alpha value is -0.920. The average molecular weight is 322 g/mol. The van der Waals surface area contributed by atoms with E-state index < -0.39 is 11.6 Å². The molecule has 1 fully saturated rings. The van der Waals surface area contributed by atoms with Crippen LogP contribution in [0.3, 0.4) is 0 Å². The molecular formula is C21H32F2. The number of hydrogen-bond donors (Lipinski definition) is 0. The van der Waals surface area contributed by atoms with E-state index in [2.05, 4.69) is 13.8 Å². The fraction of sp³-hybridized carbons (Fsp3) is 0.714. The summed E-state index contributed by atoms with van der Waals surface area (Å²) >= 11 is 0. The summed E-state index contributed by atoms with van der Waals surface area (Å²) in [6.45, 7) is 8.28. The summed E-state index contributed by atoms with van der Waals surface area (Å²) < 4.78 is 27.9. The first kappa shape index (κ1) is 18.4. The number of benzene rings is 1. The molecule has 2 unspecified atom stereocenters. The first-order chi connectivity index (χ1) is 10.9. The molecule has 0 amide bonds. The molecule has 0 aliphatic heterocycles. The van der Waals surface area contributed by atoms with Crippen molar-refractivity contribution in [2.24, 2.45) is 17.8 Å². The maximum atomic E-state index is 14.1. The second-order valence-electron chi connectivity index (χ2n) is 7.77. The van der Waals surface area contributed by atoms with Crippen molar-refractivity contribution in [3.63, 3.8) is 0 Å². The monoisotopic (exact) mass is 322 g/mol. The van der Waals surface area contributed by atoms with Crippen molar-refractivity contribution in [3.8, 4) is 0 Å². The molecule has 0 N–H and O–H groups in total. The summed E-state index contributed by atoms with van der Waals surface area (Å²) in [7, 11) is 0. The smallest absolute Gasteiger partial charge is 0.162 e. The zero-order chi connectivity index (χ0) is 17.0. The lowest BCUT2D eigenvalue weighted by atomic mass is 9.73. The van der Waals surface area contributed by atoms with Gasteiger partial charge in [0.15, 0.2) is 11.6 Å². The molecule has 1 aliphatic carbocycles. The fourth-order valence-electron chi connectivity index (χ4n) is 4.19. The summed E-state index contributed by atoms with van der Waals surface area (Å²) in [5.74, 6) is 1.22. The molecular weight excluding hydrogens is 290 g/mol. The van der Waals surface area contributed by atoms with Gasteiger partial charge >= 0.3 is 0 Å². The predicted octanol–water partition coefficient (Wildman–Crippen LogP) is 7.01. The Morgan fingerprint density at radius 1 is 1.04 bits per heavy atom. The van der Waals surface area contributed by atoms with Gasteiger partial charge in [0.2, 0.25) is 0 Å². The van der Waals surface area contributed by atoms with Crippen molar-refractivity contribution in [1.29, 1.82) is 0 Å². The van der Waals surface area contributed by atoms with E-state index in [-0.39, 0.29) is 5.92 Å². The van der Waals surface area contributed by atoms with Gasteiger partial charge in [0.05, 0.1) is 0 Å². The zero-order valence-corrected chi connectivity index (χ0v) is 15.2. The minimum Gasteiger partial charge on any atom is -0.203 e. The number of rotatable bonds is 6. The maximum Gasteiger partial charge on any atom is 0.162 e. The molecule has 0 saturated heterocycles. The van der Waals surface area contributed by atoms with Crippen molar-refractivity contribution in [3.05, 3.63) is 34.9 Å². The minimum absolute atomic E-state index is 0.0849. The van der Waals surface area contributed by atoms with E-state index in [9.17, 15) is 8.78 Å². The standard InChI is InChI=1S/C21H32F2/c1-5-17(18-10-6-14(2)7-11-18)12-8-15(3)19-13-9-16(4)20(22)21(19)23/h9,13-15,17-18H,5-8,10-12H2,1-4H3. The highest BCUT2D eigenvalue weighted by Gasteiger charge is 2.26. The molecule has 1 aliphatic rings. The Bertz CT molecular complexity index is 501. The molecule has 2 atom stereocenters. The van der Waals surface area contributed by atoms with Crippen LogP contribution in [0.2, 0.25) is 0 Å². The minimum atomic E-state index is -0.678. The molecule has 1 saturated carbocycles. The summed E-state index contributed by atoms with van der Waals surface area (Å²) in [5, 5.41) is 0. The molecule has 0 aromatic heterocycles. The van der Waals surface area contributed by atoms with E-state index in [0.717, 1.165) is 30.6 Å². The van der Waals surface area contributed by atoms with Gasteiger partial charge in [-0.25, -0.2) is 8.78 Å². The lowest BCUT2D eigenvalue weighted by Gasteiger charge is -2.33. The van der Waals surface area contributed by atoms with Crippen LogP contribution in [-0.4, -0.2) is 0 Å². The van der Waals surface area contributed by atoms with Crippen LogP contribution in [0.4, 0.5) is 8.78 Å². The first-order valence-electron chi connectivity index (χ1n) is 9.38. The molecule has 0 bridgehead atoms. The van der Waals surface area contributed by atoms with Gasteiger partial charge in [-0.15, -0.1) is 0 Å². The van der Waals surface area contributed by atoms with E-state index >= 15 is 0 Å². The van der Waals surface area contributed by atoms with Crippen LogP contribution in [0.1, 0.15) is 82.8 Å². The summed E-state index contributed by atoms with van der Waals surface area (Å²) in [6.07, 6.45) is 8.69. The van der Waals surface area contributed by atoms with Gasteiger partial charge in [-0.05, 0) is 67.4 Å². The van der Waals surface area contributed by atoms with Crippen LogP contribution in [0.25, 0.3) is 0 Å². The van der Waals surface area contributed by atoms with Crippen molar-refractivity contribution in [2.75, 3.05) is 0 Å². The Balaban J connectivity index is 1.94. The van der Waals surface area contributed by atoms with E-state index in [4.69, 9.17) is 0 Å². The van der Waals surface area contributed by atoms with Crippen LogP contribution >= 0.6 is 0 Å². The van der Waals surface area contributed by atoms with Crippen molar-refractivity contribution >= 4 is 0 Å². The molecule has 1 aromatic rings. The SMILES string of the molecule is CCC(CCC(C)c1ccc(C)c(F)c1F)C1CCC(C)CC1. The third-order valence-electron chi connectivity index (χ3n) is 6.06. The van der Waals surface area contributed by atoms with Crippen molar-refractivity contribution < 1.29 is 8.78 Å². The Labute approximate surface area is 140 Å². The highest BCUT2D eigenvalue weighted by molar-refractivity contribution is 5.27. The van der Waals surface area contributed by atoms with Gasteiger partial charge in [0.25, 0.3) is 0 Å². The molecule has 2 rings (SSSR count). The molecule has 0 nitrogen and oxygen atoms in total. The van der Waals surface area contributed by atoms with Crippen molar-refractivity contribution in [2.45, 2.75) is 78.6 Å². The van der Waals surface area contributed by atoms with E-state index in [1.54, 1.807) is 19.1 Å². The van der Waals surface area contributed by atoms with E-state index in [1.807, 2.05) is 6.92 Å². The number of hydrogen-bond acceptors (Lipinski definition) is 0. The van der Waals surface area contributed by atoms with Crippen LogP contribution in [0.5, 0.6) is 0 Å². The van der Waals surface area contributed by atoms with Gasteiger partial charge in [-0.1, -0.05) is 52.2 Å². The van der Waals surface area contributed by atoms with Crippen molar-refractivity contribution in [1.82, 2.24) is 0 Å². The Morgan fingerprint density at radius 3 is 2.30 bits per heavy atom. The van der Waals surface area contributed by atoms with E-state index in [1.165, 1.54) is 32.1 Å². The molecule has 0 spiro atoms. The van der Waals surface area contributed by atoms with Gasteiger partial charge in [-0.2, -0.15) is 0 Å². The predicted molar refractivity (Wildman–Crippen MR) is 93.6 cm³/mol. The van der Waals surface area contributed by atoms with Crippen LogP contribution < -0.4 is 0 Å². The number of halogens is 2. The third-order valence-corrected chi connectivity index (χ3v) is 6.06. The average Bonchev–Trinajstić information content (AvgIpc) is 2.54. The van der Waals surface area contributed by atoms with Gasteiger partial charge < -0.3 is 0 Å². The quantitative estimate of drug-likeness (QED) is 0.528. The highest BCUT2D eigenvalue weighted by atomic mass is 19.2. The molecule has 130 valence electrons.